The third-order valence-corrected chi connectivity index (χ3v) is 10.2. The van der Waals surface area contributed by atoms with Crippen LogP contribution < -0.4 is 4.90 Å². The highest BCUT2D eigenvalue weighted by molar-refractivity contribution is 7.99. The van der Waals surface area contributed by atoms with Crippen LogP contribution in [0.15, 0.2) is 35.6 Å². The van der Waals surface area contributed by atoms with E-state index in [0.29, 0.717) is 21.7 Å². The Morgan fingerprint density at radius 3 is 2.48 bits per heavy atom. The Balaban J connectivity index is 1.40. The number of nitrogens with zero attached hydrogens (tertiary/aromatic N) is 4. The molecule has 3 heterocycles. The van der Waals surface area contributed by atoms with Crippen LogP contribution in [0.5, 0.6) is 0 Å². The van der Waals surface area contributed by atoms with Crippen LogP contribution in [-0.2, 0) is 4.79 Å². The molecular formula is C31H38N4O3S2. The Morgan fingerprint density at radius 1 is 1.07 bits per heavy atom. The summed E-state index contributed by atoms with van der Waals surface area (Å²) < 4.78 is 2.02. The Kier molecular flexibility index (Phi) is 8.58. The molecule has 2 saturated carbocycles. The summed E-state index contributed by atoms with van der Waals surface area (Å²) in [4.78, 5) is 29.3. The SMILES string of the molecule is CC1CCC(C(=O)N(c2cc(C#CC(C)(C)C)sc2C(=O)O)C2CCC(Sc3nnc4ccccn34)CC2)CC1. The molecule has 7 nitrogen and oxygen atoms in total. The lowest BCUT2D eigenvalue weighted by molar-refractivity contribution is -0.124. The molecule has 3 aromatic heterocycles. The number of thioether (sulfide) groups is 1. The summed E-state index contributed by atoms with van der Waals surface area (Å²) in [5.74, 6) is 6.06. The van der Waals surface area contributed by atoms with Gasteiger partial charge in [0.05, 0.1) is 10.6 Å². The molecule has 1 N–H and O–H groups in total. The van der Waals surface area contributed by atoms with E-state index in [1.54, 1.807) is 11.8 Å². The highest BCUT2D eigenvalue weighted by atomic mass is 32.2. The number of hydrogen-bond acceptors (Lipinski definition) is 6. The van der Waals surface area contributed by atoms with Crippen molar-refractivity contribution >= 4 is 46.3 Å². The average molecular weight is 579 g/mol. The van der Waals surface area contributed by atoms with Gasteiger partial charge in [0.1, 0.15) is 4.88 Å². The normalized spacial score (nSPS) is 23.4. The second-order valence-corrected chi connectivity index (χ2v) is 14.6. The van der Waals surface area contributed by atoms with Gasteiger partial charge < -0.3 is 10.0 Å². The number of carboxylic acid groups (broad SMARTS) is 1. The minimum absolute atomic E-state index is 0.0324. The number of carbonyl (C=O) groups excluding carboxylic acids is 1. The molecular weight excluding hydrogens is 541 g/mol. The molecule has 0 aromatic carbocycles. The van der Waals surface area contributed by atoms with Crippen LogP contribution in [0.4, 0.5) is 5.69 Å². The van der Waals surface area contributed by atoms with Gasteiger partial charge in [0.25, 0.3) is 0 Å². The van der Waals surface area contributed by atoms with Gasteiger partial charge in [-0.05, 0) is 96.3 Å². The summed E-state index contributed by atoms with van der Waals surface area (Å²) in [6.45, 7) is 8.35. The zero-order chi connectivity index (χ0) is 28.4. The first kappa shape index (κ1) is 28.7. The van der Waals surface area contributed by atoms with Crippen LogP contribution >= 0.6 is 23.1 Å². The maximum Gasteiger partial charge on any atom is 0.348 e. The molecule has 0 saturated heterocycles. The number of thiophene rings is 1. The summed E-state index contributed by atoms with van der Waals surface area (Å²) in [6.07, 6.45) is 9.28. The molecule has 40 heavy (non-hydrogen) atoms. The Labute approximate surface area is 244 Å². The maximum absolute atomic E-state index is 14.2. The number of anilines is 1. The van der Waals surface area contributed by atoms with E-state index in [2.05, 4.69) is 29.0 Å². The van der Waals surface area contributed by atoms with Crippen LogP contribution in [0.1, 0.15) is 93.6 Å². The van der Waals surface area contributed by atoms with Crippen molar-refractivity contribution in [3.8, 4) is 11.8 Å². The van der Waals surface area contributed by atoms with Crippen LogP contribution in [0.3, 0.4) is 0 Å². The molecule has 0 unspecified atom stereocenters. The smallest absolute Gasteiger partial charge is 0.348 e. The van der Waals surface area contributed by atoms with Gasteiger partial charge >= 0.3 is 5.97 Å². The number of hydrogen-bond donors (Lipinski definition) is 1. The summed E-state index contributed by atoms with van der Waals surface area (Å²) >= 11 is 2.92. The molecule has 1 amide bonds. The fourth-order valence-electron chi connectivity index (χ4n) is 5.69. The van der Waals surface area contributed by atoms with E-state index < -0.39 is 5.97 Å². The quantitative estimate of drug-likeness (QED) is 0.313. The van der Waals surface area contributed by atoms with Crippen molar-refractivity contribution in [3.05, 3.63) is 40.2 Å². The van der Waals surface area contributed by atoms with Crippen molar-refractivity contribution in [1.82, 2.24) is 14.6 Å². The van der Waals surface area contributed by atoms with E-state index in [1.165, 1.54) is 11.3 Å². The monoisotopic (exact) mass is 578 g/mol. The van der Waals surface area contributed by atoms with Crippen molar-refractivity contribution in [1.29, 1.82) is 0 Å². The number of amides is 1. The average Bonchev–Trinajstić information content (AvgIpc) is 3.53. The summed E-state index contributed by atoms with van der Waals surface area (Å²) in [7, 11) is 0. The van der Waals surface area contributed by atoms with Crippen molar-refractivity contribution in [2.24, 2.45) is 17.3 Å². The van der Waals surface area contributed by atoms with Gasteiger partial charge in [0.2, 0.25) is 5.91 Å². The van der Waals surface area contributed by atoms with E-state index >= 15 is 0 Å². The number of carbonyl (C=O) groups is 2. The predicted molar refractivity (Wildman–Crippen MR) is 161 cm³/mol. The topological polar surface area (TPSA) is 87.8 Å². The number of aromatic nitrogens is 3. The van der Waals surface area contributed by atoms with Gasteiger partial charge in [-0.1, -0.05) is 36.6 Å². The van der Waals surface area contributed by atoms with Gasteiger partial charge in [-0.3, -0.25) is 9.20 Å². The fourth-order valence-corrected chi connectivity index (χ4v) is 7.70. The Bertz CT molecular complexity index is 1430. The number of aromatic carboxylic acids is 1. The molecule has 9 heteroatoms. The van der Waals surface area contributed by atoms with Crippen molar-refractivity contribution in [2.45, 2.75) is 95.5 Å². The third kappa shape index (κ3) is 6.55. The van der Waals surface area contributed by atoms with E-state index in [0.717, 1.165) is 62.2 Å². The molecule has 0 atom stereocenters. The minimum Gasteiger partial charge on any atom is -0.477 e. The first-order valence-corrected chi connectivity index (χ1v) is 16.0. The van der Waals surface area contributed by atoms with Gasteiger partial charge in [-0.25, -0.2) is 4.79 Å². The van der Waals surface area contributed by atoms with Gasteiger partial charge in [0, 0.05) is 28.8 Å². The van der Waals surface area contributed by atoms with E-state index in [9.17, 15) is 14.7 Å². The molecule has 5 rings (SSSR count). The first-order valence-electron chi connectivity index (χ1n) is 14.3. The standard InChI is InChI=1S/C31H38N4O3S2/c1-20-8-10-21(11-9-20)28(36)35(25-19-24(16-17-31(2,3)4)39-27(25)29(37)38)22-12-14-23(15-13-22)40-30-33-32-26-7-5-6-18-34(26)30/h5-7,18-23H,8-15H2,1-4H3,(H,37,38). The van der Waals surface area contributed by atoms with Crippen LogP contribution in [0.25, 0.3) is 5.65 Å². The van der Waals surface area contributed by atoms with E-state index in [4.69, 9.17) is 0 Å². The molecule has 0 bridgehead atoms. The first-order chi connectivity index (χ1) is 19.1. The molecule has 2 aliphatic carbocycles. The summed E-state index contributed by atoms with van der Waals surface area (Å²) in [5, 5.41) is 20.1. The van der Waals surface area contributed by atoms with Gasteiger partial charge in [-0.15, -0.1) is 21.5 Å². The zero-order valence-corrected chi connectivity index (χ0v) is 25.4. The van der Waals surface area contributed by atoms with E-state index in [1.807, 2.05) is 60.5 Å². The van der Waals surface area contributed by atoms with Crippen molar-refractivity contribution in [3.63, 3.8) is 0 Å². The largest absolute Gasteiger partial charge is 0.477 e. The van der Waals surface area contributed by atoms with Crippen LogP contribution in [-0.4, -0.2) is 42.9 Å². The highest BCUT2D eigenvalue weighted by Gasteiger charge is 2.37. The lowest BCUT2D eigenvalue weighted by Crippen LogP contribution is -2.46. The predicted octanol–water partition coefficient (Wildman–Crippen LogP) is 7.15. The highest BCUT2D eigenvalue weighted by Crippen LogP contribution is 2.41. The zero-order valence-electron chi connectivity index (χ0n) is 23.7. The fraction of sp³-hybridized carbons (Fsp3) is 0.548. The molecule has 212 valence electrons. The molecule has 2 fully saturated rings. The third-order valence-electron chi connectivity index (χ3n) is 7.89. The number of fused-ring (bicyclic) bond motifs is 1. The van der Waals surface area contributed by atoms with Crippen LogP contribution in [0, 0.1) is 29.1 Å². The van der Waals surface area contributed by atoms with Crippen molar-refractivity contribution < 1.29 is 14.7 Å². The molecule has 0 aliphatic heterocycles. The van der Waals surface area contributed by atoms with Crippen LogP contribution in [0.2, 0.25) is 0 Å². The molecule has 0 radical (unpaired) electrons. The maximum atomic E-state index is 14.2. The Morgan fingerprint density at radius 2 is 1.80 bits per heavy atom. The second-order valence-electron chi connectivity index (χ2n) is 12.3. The van der Waals surface area contributed by atoms with Crippen molar-refractivity contribution in [2.75, 3.05) is 4.90 Å². The molecule has 0 spiro atoms. The molecule has 2 aliphatic rings. The lowest BCUT2D eigenvalue weighted by atomic mass is 9.81. The second kappa shape index (κ2) is 12.0. The number of rotatable bonds is 6. The van der Waals surface area contributed by atoms with E-state index in [-0.39, 0.29) is 28.2 Å². The molecule has 3 aromatic rings. The minimum atomic E-state index is -0.998. The summed E-state index contributed by atoms with van der Waals surface area (Å²) in [5.41, 5.74) is 1.16. The number of pyridine rings is 1. The van der Waals surface area contributed by atoms with Gasteiger partial charge in [-0.2, -0.15) is 0 Å². The number of carboxylic acids is 1. The van der Waals surface area contributed by atoms with Gasteiger partial charge in [0.15, 0.2) is 10.8 Å². The summed E-state index contributed by atoms with van der Waals surface area (Å²) in [6, 6.07) is 7.70. The Hall–Kier alpha value is -2.83. The lowest BCUT2D eigenvalue weighted by Gasteiger charge is -2.39.